The second-order valence-corrected chi connectivity index (χ2v) is 5.41. The predicted octanol–water partition coefficient (Wildman–Crippen LogP) is 1.74. The first kappa shape index (κ1) is 13.3. The highest BCUT2D eigenvalue weighted by Gasteiger charge is 2.31. The number of nitrogens with zero attached hydrogens (tertiary/aromatic N) is 1. The number of amides is 1. The van der Waals surface area contributed by atoms with Crippen LogP contribution in [-0.2, 0) is 14.3 Å². The molecule has 22 heavy (non-hydrogen) atoms. The van der Waals surface area contributed by atoms with Crippen LogP contribution in [-0.4, -0.2) is 43.7 Å². The molecule has 3 aliphatic rings. The van der Waals surface area contributed by atoms with Crippen molar-refractivity contribution < 1.29 is 18.7 Å². The van der Waals surface area contributed by atoms with E-state index in [9.17, 15) is 9.18 Å². The molecule has 0 saturated carbocycles. The third-order valence-corrected chi connectivity index (χ3v) is 4.06. The van der Waals surface area contributed by atoms with Gasteiger partial charge in [0, 0.05) is 24.7 Å². The first-order valence-corrected chi connectivity index (χ1v) is 7.24. The molecular weight excluding hydrogens is 287 g/mol. The van der Waals surface area contributed by atoms with Gasteiger partial charge in [-0.2, -0.15) is 0 Å². The first-order valence-electron chi connectivity index (χ1n) is 7.24. The summed E-state index contributed by atoms with van der Waals surface area (Å²) in [5.41, 5.74) is 2.69. The molecule has 0 aliphatic carbocycles. The Labute approximate surface area is 127 Å². The maximum atomic E-state index is 13.3. The van der Waals surface area contributed by atoms with Crippen molar-refractivity contribution in [3.8, 4) is 0 Å². The number of anilines is 1. The van der Waals surface area contributed by atoms with Crippen molar-refractivity contribution in [1.29, 1.82) is 0 Å². The molecule has 4 rings (SSSR count). The summed E-state index contributed by atoms with van der Waals surface area (Å²) in [5, 5.41) is 2.68. The fourth-order valence-corrected chi connectivity index (χ4v) is 2.95. The minimum atomic E-state index is -0.373. The van der Waals surface area contributed by atoms with E-state index >= 15 is 0 Å². The molecule has 1 aromatic rings. The summed E-state index contributed by atoms with van der Waals surface area (Å²) < 4.78 is 24.3. The molecule has 1 fully saturated rings. The van der Waals surface area contributed by atoms with Gasteiger partial charge in [0.25, 0.3) is 5.91 Å². The summed E-state index contributed by atoms with van der Waals surface area (Å²) in [4.78, 5) is 14.4. The van der Waals surface area contributed by atoms with Gasteiger partial charge in [-0.3, -0.25) is 4.79 Å². The number of carbonyl (C=O) groups is 1. The zero-order valence-electron chi connectivity index (χ0n) is 11.9. The maximum Gasteiger partial charge on any atom is 0.260 e. The number of morpholine rings is 1. The number of nitrogens with one attached hydrogen (secondary N) is 1. The molecule has 1 saturated heterocycles. The molecule has 1 aromatic carbocycles. The smallest absolute Gasteiger partial charge is 0.260 e. The number of benzene rings is 1. The second-order valence-electron chi connectivity index (χ2n) is 5.41. The Balaban J connectivity index is 1.70. The third kappa shape index (κ3) is 2.16. The van der Waals surface area contributed by atoms with Gasteiger partial charge in [-0.05, 0) is 18.2 Å². The van der Waals surface area contributed by atoms with Gasteiger partial charge >= 0.3 is 0 Å². The lowest BCUT2D eigenvalue weighted by Crippen LogP contribution is -2.36. The summed E-state index contributed by atoms with van der Waals surface area (Å²) in [6.45, 7) is 3.50. The molecule has 1 N–H and O–H groups in total. The monoisotopic (exact) mass is 302 g/mol. The molecule has 114 valence electrons. The third-order valence-electron chi connectivity index (χ3n) is 4.06. The van der Waals surface area contributed by atoms with Crippen molar-refractivity contribution in [1.82, 2.24) is 4.90 Å². The van der Waals surface area contributed by atoms with E-state index in [1.54, 1.807) is 6.07 Å². The first-order chi connectivity index (χ1) is 10.7. The highest BCUT2D eigenvalue weighted by atomic mass is 19.1. The van der Waals surface area contributed by atoms with Gasteiger partial charge in [-0.1, -0.05) is 0 Å². The zero-order valence-corrected chi connectivity index (χ0v) is 11.9. The van der Waals surface area contributed by atoms with Gasteiger partial charge in [0.05, 0.1) is 30.2 Å². The highest BCUT2D eigenvalue weighted by Crippen LogP contribution is 2.37. The fraction of sp³-hybridized carbons (Fsp3) is 0.312. The zero-order chi connectivity index (χ0) is 15.1. The van der Waals surface area contributed by atoms with Gasteiger partial charge in [0.15, 0.2) is 0 Å². The molecule has 0 radical (unpaired) electrons. The highest BCUT2D eigenvalue weighted by molar-refractivity contribution is 6.32. The normalized spacial score (nSPS) is 24.0. The molecule has 0 aromatic heterocycles. The number of allylic oxidation sites excluding steroid dienone is 1. The number of hydrogen-bond acceptors (Lipinski definition) is 4. The second kappa shape index (κ2) is 5.14. The molecule has 3 heterocycles. The molecule has 0 unspecified atom stereocenters. The Hall–Kier alpha value is -2.34. The molecule has 6 heteroatoms. The summed E-state index contributed by atoms with van der Waals surface area (Å²) in [6.07, 6.45) is 1.90. The molecule has 0 spiro atoms. The van der Waals surface area contributed by atoms with Crippen molar-refractivity contribution in [2.75, 3.05) is 38.2 Å². The summed E-state index contributed by atoms with van der Waals surface area (Å²) in [5.74, 6) is -0.0818. The Kier molecular flexibility index (Phi) is 3.11. The molecular formula is C16H15FN2O3. The Morgan fingerprint density at radius 1 is 1.23 bits per heavy atom. The minimum Gasteiger partial charge on any atom is -0.486 e. The topological polar surface area (TPSA) is 50.8 Å². The molecule has 1 amide bonds. The van der Waals surface area contributed by atoms with Crippen LogP contribution in [0.15, 0.2) is 35.7 Å². The van der Waals surface area contributed by atoms with Crippen LogP contribution >= 0.6 is 0 Å². The van der Waals surface area contributed by atoms with Gasteiger partial charge in [-0.25, -0.2) is 4.39 Å². The van der Waals surface area contributed by atoms with E-state index in [0.717, 1.165) is 18.8 Å². The van der Waals surface area contributed by atoms with Crippen LogP contribution < -0.4 is 5.32 Å². The lowest BCUT2D eigenvalue weighted by molar-refractivity contribution is -0.110. The lowest BCUT2D eigenvalue weighted by Gasteiger charge is -2.28. The molecule has 0 atom stereocenters. The van der Waals surface area contributed by atoms with Crippen LogP contribution in [0.25, 0.3) is 5.57 Å². The van der Waals surface area contributed by atoms with Gasteiger partial charge in [0.2, 0.25) is 0 Å². The van der Waals surface area contributed by atoms with Crippen molar-refractivity contribution in [3.63, 3.8) is 0 Å². The quantitative estimate of drug-likeness (QED) is 0.803. The SMILES string of the molecule is O=C1Nc2cc(F)ccc2C1=C1C=C(N2CCOCC2)CO1. The van der Waals surface area contributed by atoms with E-state index in [4.69, 9.17) is 9.47 Å². The van der Waals surface area contributed by atoms with E-state index in [0.29, 0.717) is 42.4 Å². The largest absolute Gasteiger partial charge is 0.486 e. The Morgan fingerprint density at radius 3 is 2.86 bits per heavy atom. The molecule has 5 nitrogen and oxygen atoms in total. The van der Waals surface area contributed by atoms with Crippen molar-refractivity contribution in [2.24, 2.45) is 0 Å². The Morgan fingerprint density at radius 2 is 2.05 bits per heavy atom. The van der Waals surface area contributed by atoms with Crippen LogP contribution in [0.3, 0.4) is 0 Å². The van der Waals surface area contributed by atoms with Crippen LogP contribution in [0.4, 0.5) is 10.1 Å². The number of carbonyl (C=O) groups excluding carboxylic acids is 1. The van der Waals surface area contributed by atoms with E-state index < -0.39 is 0 Å². The number of fused-ring (bicyclic) bond motifs is 1. The van der Waals surface area contributed by atoms with E-state index in [1.807, 2.05) is 6.08 Å². The summed E-state index contributed by atoms with van der Waals surface area (Å²) in [6, 6.07) is 4.28. The van der Waals surface area contributed by atoms with Crippen molar-refractivity contribution in [3.05, 3.63) is 47.1 Å². The maximum absolute atomic E-state index is 13.3. The number of halogens is 1. The molecule has 3 aliphatic heterocycles. The summed E-state index contributed by atoms with van der Waals surface area (Å²) in [7, 11) is 0. The standard InChI is InChI=1S/C16H15FN2O3/c17-10-1-2-12-13(7-10)18-16(20)15(12)14-8-11(9-22-14)19-3-5-21-6-4-19/h1-2,7-8H,3-6,9H2,(H,18,20). The molecule has 0 bridgehead atoms. The Bertz CT molecular complexity index is 705. The van der Waals surface area contributed by atoms with Crippen LogP contribution in [0.1, 0.15) is 5.56 Å². The lowest BCUT2D eigenvalue weighted by atomic mass is 10.1. The van der Waals surface area contributed by atoms with Crippen LogP contribution in [0, 0.1) is 5.82 Å². The average Bonchev–Trinajstić information content (AvgIpc) is 3.11. The number of hydrogen-bond donors (Lipinski definition) is 1. The van der Waals surface area contributed by atoms with E-state index in [-0.39, 0.29) is 11.7 Å². The fourth-order valence-electron chi connectivity index (χ4n) is 2.95. The minimum absolute atomic E-state index is 0.255. The summed E-state index contributed by atoms with van der Waals surface area (Å²) >= 11 is 0. The van der Waals surface area contributed by atoms with E-state index in [2.05, 4.69) is 10.2 Å². The van der Waals surface area contributed by atoms with Crippen molar-refractivity contribution >= 4 is 17.2 Å². The number of rotatable bonds is 1. The number of ether oxygens (including phenoxy) is 2. The van der Waals surface area contributed by atoms with Gasteiger partial charge in [-0.15, -0.1) is 0 Å². The van der Waals surface area contributed by atoms with Crippen molar-refractivity contribution in [2.45, 2.75) is 0 Å². The average molecular weight is 302 g/mol. The van der Waals surface area contributed by atoms with E-state index in [1.165, 1.54) is 12.1 Å². The van der Waals surface area contributed by atoms with Gasteiger partial charge in [0.1, 0.15) is 18.2 Å². The van der Waals surface area contributed by atoms with Crippen LogP contribution in [0.5, 0.6) is 0 Å². The van der Waals surface area contributed by atoms with Crippen LogP contribution in [0.2, 0.25) is 0 Å². The predicted molar refractivity (Wildman–Crippen MR) is 78.4 cm³/mol. The van der Waals surface area contributed by atoms with Gasteiger partial charge < -0.3 is 19.7 Å².